The van der Waals surface area contributed by atoms with Crippen LogP contribution in [-0.2, 0) is 20.3 Å². The van der Waals surface area contributed by atoms with E-state index >= 15 is 0 Å². The Labute approximate surface area is 153 Å². The van der Waals surface area contributed by atoms with Crippen LogP contribution in [0.2, 0.25) is 0 Å². The van der Waals surface area contributed by atoms with Gasteiger partial charge in [-0.2, -0.15) is 4.31 Å². The molecule has 1 heterocycles. The zero-order valence-electron chi connectivity index (χ0n) is 13.7. The molecule has 1 atom stereocenters. The molecule has 0 spiro atoms. The Kier molecular flexibility index (Phi) is 4.44. The second kappa shape index (κ2) is 6.47. The molecule has 1 aliphatic rings. The van der Waals surface area contributed by atoms with E-state index in [0.717, 1.165) is 36.4 Å². The predicted molar refractivity (Wildman–Crippen MR) is 91.7 cm³/mol. The first-order valence-corrected chi connectivity index (χ1v) is 9.03. The van der Waals surface area contributed by atoms with Crippen LogP contribution < -0.4 is 0 Å². The molecular weight excluding hydrogens is 379 g/mol. The summed E-state index contributed by atoms with van der Waals surface area (Å²) in [4.78, 5) is 22.0. The normalized spacial score (nSPS) is 19.6. The lowest BCUT2D eigenvalue weighted by molar-refractivity contribution is -0.384. The van der Waals surface area contributed by atoms with Crippen molar-refractivity contribution in [1.82, 2.24) is 4.31 Å². The van der Waals surface area contributed by atoms with Crippen molar-refractivity contribution in [3.63, 3.8) is 0 Å². The number of amides is 1. The molecule has 1 saturated heterocycles. The number of rotatable bonds is 5. The SMILES string of the molecule is C=CC1(c2ccc(F)cc2)COC(=O)N1S(=O)(=O)c1ccc([N+](=O)[O-])cc1. The molecule has 140 valence electrons. The van der Waals surface area contributed by atoms with E-state index in [-0.39, 0.29) is 22.8 Å². The minimum atomic E-state index is -4.44. The number of halogens is 1. The molecule has 1 unspecified atom stereocenters. The summed E-state index contributed by atoms with van der Waals surface area (Å²) in [7, 11) is -4.44. The minimum Gasteiger partial charge on any atom is -0.445 e. The number of nitro groups is 1. The Hall–Kier alpha value is -3.27. The van der Waals surface area contributed by atoms with Crippen LogP contribution in [0.1, 0.15) is 5.56 Å². The number of ether oxygens (including phenoxy) is 1. The van der Waals surface area contributed by atoms with Gasteiger partial charge in [-0.15, -0.1) is 6.58 Å². The summed E-state index contributed by atoms with van der Waals surface area (Å²) in [6.07, 6.45) is 0.103. The van der Waals surface area contributed by atoms with Crippen molar-refractivity contribution >= 4 is 21.8 Å². The Balaban J connectivity index is 2.13. The van der Waals surface area contributed by atoms with Gasteiger partial charge in [0.25, 0.3) is 15.7 Å². The molecule has 1 fully saturated rings. The zero-order valence-corrected chi connectivity index (χ0v) is 14.6. The number of cyclic esters (lactones) is 1. The van der Waals surface area contributed by atoms with Crippen LogP contribution in [0.5, 0.6) is 0 Å². The summed E-state index contributed by atoms with van der Waals surface area (Å²) in [5, 5.41) is 10.8. The molecule has 0 radical (unpaired) electrons. The van der Waals surface area contributed by atoms with E-state index in [0.29, 0.717) is 4.31 Å². The molecule has 27 heavy (non-hydrogen) atoms. The van der Waals surface area contributed by atoms with E-state index in [1.807, 2.05) is 0 Å². The quantitative estimate of drug-likeness (QED) is 0.440. The molecule has 1 amide bonds. The summed E-state index contributed by atoms with van der Waals surface area (Å²) in [6, 6.07) is 8.99. The van der Waals surface area contributed by atoms with Gasteiger partial charge >= 0.3 is 6.09 Å². The van der Waals surface area contributed by atoms with Crippen molar-refractivity contribution in [2.75, 3.05) is 6.61 Å². The first-order valence-electron chi connectivity index (χ1n) is 7.59. The maximum Gasteiger partial charge on any atom is 0.425 e. The monoisotopic (exact) mass is 392 g/mol. The van der Waals surface area contributed by atoms with Crippen molar-refractivity contribution in [3.05, 3.63) is 82.7 Å². The number of hydrogen-bond acceptors (Lipinski definition) is 6. The fourth-order valence-electron chi connectivity index (χ4n) is 2.81. The van der Waals surface area contributed by atoms with Crippen LogP contribution in [0.15, 0.2) is 66.1 Å². The Morgan fingerprint density at radius 2 is 1.78 bits per heavy atom. The number of carbonyl (C=O) groups excluding carboxylic acids is 1. The molecule has 3 rings (SSSR count). The van der Waals surface area contributed by atoms with Crippen molar-refractivity contribution in [2.24, 2.45) is 0 Å². The topological polar surface area (TPSA) is 107 Å². The van der Waals surface area contributed by atoms with Gasteiger partial charge in [-0.1, -0.05) is 18.2 Å². The number of sulfonamides is 1. The van der Waals surface area contributed by atoms with Crippen LogP contribution in [-0.4, -0.2) is 30.3 Å². The summed E-state index contributed by atoms with van der Waals surface area (Å²) < 4.78 is 44.9. The predicted octanol–water partition coefficient (Wildman–Crippen LogP) is 2.96. The number of benzene rings is 2. The highest BCUT2D eigenvalue weighted by Crippen LogP contribution is 2.40. The zero-order chi connectivity index (χ0) is 19.8. The van der Waals surface area contributed by atoms with Crippen LogP contribution in [0, 0.1) is 15.9 Å². The van der Waals surface area contributed by atoms with Crippen molar-refractivity contribution < 1.29 is 27.3 Å². The molecule has 0 N–H and O–H groups in total. The molecule has 10 heteroatoms. The summed E-state index contributed by atoms with van der Waals surface area (Å²) >= 11 is 0. The number of hydrogen-bond donors (Lipinski definition) is 0. The van der Waals surface area contributed by atoms with Gasteiger partial charge in [0, 0.05) is 12.1 Å². The van der Waals surface area contributed by atoms with E-state index in [2.05, 4.69) is 6.58 Å². The van der Waals surface area contributed by atoms with E-state index < -0.39 is 32.4 Å². The first-order chi connectivity index (χ1) is 12.7. The van der Waals surface area contributed by atoms with E-state index in [9.17, 15) is 27.7 Å². The van der Waals surface area contributed by atoms with Crippen molar-refractivity contribution in [3.8, 4) is 0 Å². The van der Waals surface area contributed by atoms with Gasteiger partial charge in [-0.25, -0.2) is 17.6 Å². The van der Waals surface area contributed by atoms with Gasteiger partial charge in [0.15, 0.2) is 0 Å². The summed E-state index contributed by atoms with van der Waals surface area (Å²) in [5.41, 5.74) is -1.59. The van der Waals surface area contributed by atoms with Gasteiger partial charge in [-0.3, -0.25) is 10.1 Å². The number of nitro benzene ring substituents is 1. The van der Waals surface area contributed by atoms with Gasteiger partial charge in [-0.05, 0) is 29.8 Å². The molecule has 0 saturated carbocycles. The Morgan fingerprint density at radius 3 is 2.30 bits per heavy atom. The third-order valence-electron chi connectivity index (χ3n) is 4.21. The third-order valence-corrected chi connectivity index (χ3v) is 6.03. The molecule has 8 nitrogen and oxygen atoms in total. The highest BCUT2D eigenvalue weighted by Gasteiger charge is 2.53. The molecule has 0 bridgehead atoms. The second-order valence-electron chi connectivity index (χ2n) is 5.71. The van der Waals surface area contributed by atoms with Crippen molar-refractivity contribution in [1.29, 1.82) is 0 Å². The molecular formula is C17H13FN2O6S. The van der Waals surface area contributed by atoms with Crippen LogP contribution in [0.4, 0.5) is 14.9 Å². The average molecular weight is 392 g/mol. The fraction of sp³-hybridized carbons (Fsp3) is 0.118. The Bertz CT molecular complexity index is 1020. The molecule has 1 aliphatic heterocycles. The minimum absolute atomic E-state index is 0.287. The third kappa shape index (κ3) is 2.93. The van der Waals surface area contributed by atoms with Gasteiger partial charge in [0.05, 0.1) is 9.82 Å². The first kappa shape index (κ1) is 18.5. The molecule has 0 aliphatic carbocycles. The molecule has 2 aromatic rings. The fourth-order valence-corrected chi connectivity index (χ4v) is 4.41. The second-order valence-corrected chi connectivity index (χ2v) is 7.50. The van der Waals surface area contributed by atoms with Crippen LogP contribution in [0.3, 0.4) is 0 Å². The van der Waals surface area contributed by atoms with Crippen molar-refractivity contribution in [2.45, 2.75) is 10.4 Å². The largest absolute Gasteiger partial charge is 0.445 e. The van der Waals surface area contributed by atoms with Gasteiger partial charge < -0.3 is 4.74 Å². The number of non-ortho nitro benzene ring substituents is 1. The lowest BCUT2D eigenvalue weighted by atomic mass is 9.91. The van der Waals surface area contributed by atoms with Crippen LogP contribution in [0.25, 0.3) is 0 Å². The van der Waals surface area contributed by atoms with Gasteiger partial charge in [0.2, 0.25) is 0 Å². The average Bonchev–Trinajstić information content (AvgIpc) is 3.00. The highest BCUT2D eigenvalue weighted by molar-refractivity contribution is 7.89. The number of nitrogens with zero attached hydrogens (tertiary/aromatic N) is 2. The summed E-state index contributed by atoms with van der Waals surface area (Å²) in [5.74, 6) is -0.534. The lowest BCUT2D eigenvalue weighted by Crippen LogP contribution is -2.46. The summed E-state index contributed by atoms with van der Waals surface area (Å²) in [6.45, 7) is 3.28. The standard InChI is InChI=1S/C17H13FN2O6S/c1-2-17(12-3-5-13(18)6-4-12)11-26-16(21)19(17)27(24,25)15-9-7-14(8-10-15)20(22)23/h2-10H,1,11H2. The highest BCUT2D eigenvalue weighted by atomic mass is 32.2. The Morgan fingerprint density at radius 1 is 1.19 bits per heavy atom. The van der Waals surface area contributed by atoms with Crippen LogP contribution >= 0.6 is 0 Å². The molecule has 2 aromatic carbocycles. The smallest absolute Gasteiger partial charge is 0.425 e. The molecule has 0 aromatic heterocycles. The maximum absolute atomic E-state index is 13.3. The van der Waals surface area contributed by atoms with E-state index in [1.165, 1.54) is 18.2 Å². The van der Waals surface area contributed by atoms with E-state index in [4.69, 9.17) is 4.74 Å². The van der Waals surface area contributed by atoms with Gasteiger partial charge in [0.1, 0.15) is 18.0 Å². The number of carbonyl (C=O) groups is 1. The lowest BCUT2D eigenvalue weighted by Gasteiger charge is -2.32. The maximum atomic E-state index is 13.3. The van der Waals surface area contributed by atoms with E-state index in [1.54, 1.807) is 0 Å².